The molecule has 0 saturated heterocycles. The predicted molar refractivity (Wildman–Crippen MR) is 93.2 cm³/mol. The van der Waals surface area contributed by atoms with Gasteiger partial charge in [-0.15, -0.1) is 0 Å². The van der Waals surface area contributed by atoms with E-state index < -0.39 is 5.41 Å². The van der Waals surface area contributed by atoms with E-state index in [9.17, 15) is 9.59 Å². The number of hydrogen-bond donors (Lipinski definition) is 0. The molecule has 0 bridgehead atoms. The molecule has 0 aliphatic heterocycles. The summed E-state index contributed by atoms with van der Waals surface area (Å²) < 4.78 is 10.8. The fraction of sp³-hybridized carbons (Fsp3) is 0.895. The molecule has 0 aliphatic carbocycles. The lowest BCUT2D eigenvalue weighted by Crippen LogP contribution is -2.42. The molecule has 0 aromatic carbocycles. The standard InChI is InChI=1S/C19H36O4/c1-5-9-11-13-19(14-12-10-6-2,17(20)22-15-7-3)18(21)23-16-8-4/h5-16H2,1-4H3. The average Bonchev–Trinajstić information content (AvgIpc) is 2.56. The Kier molecular flexibility index (Phi) is 12.8. The second-order valence-corrected chi connectivity index (χ2v) is 6.27. The fourth-order valence-corrected chi connectivity index (χ4v) is 2.64. The summed E-state index contributed by atoms with van der Waals surface area (Å²) in [4.78, 5) is 25.4. The monoisotopic (exact) mass is 328 g/mol. The Morgan fingerprint density at radius 3 is 1.35 bits per heavy atom. The van der Waals surface area contributed by atoms with Crippen LogP contribution >= 0.6 is 0 Å². The Labute approximate surface area is 142 Å². The van der Waals surface area contributed by atoms with Crippen molar-refractivity contribution in [2.75, 3.05) is 13.2 Å². The van der Waals surface area contributed by atoms with Gasteiger partial charge in [-0.1, -0.05) is 66.2 Å². The quantitative estimate of drug-likeness (QED) is 0.255. The molecular formula is C19H36O4. The van der Waals surface area contributed by atoms with E-state index in [1.165, 1.54) is 0 Å². The molecule has 4 heteroatoms. The molecule has 0 heterocycles. The van der Waals surface area contributed by atoms with Crippen LogP contribution in [-0.2, 0) is 19.1 Å². The van der Waals surface area contributed by atoms with Crippen LogP contribution in [0.15, 0.2) is 0 Å². The summed E-state index contributed by atoms with van der Waals surface area (Å²) in [5.41, 5.74) is -1.10. The molecule has 0 spiro atoms. The third-order valence-corrected chi connectivity index (χ3v) is 4.07. The first kappa shape index (κ1) is 21.9. The minimum absolute atomic E-state index is 0.364. The molecule has 0 aromatic rings. The third-order valence-electron chi connectivity index (χ3n) is 4.07. The fourth-order valence-electron chi connectivity index (χ4n) is 2.64. The molecule has 0 radical (unpaired) electrons. The first-order valence-corrected chi connectivity index (χ1v) is 9.43. The van der Waals surface area contributed by atoms with Crippen LogP contribution < -0.4 is 0 Å². The lowest BCUT2D eigenvalue weighted by atomic mass is 9.77. The maximum absolute atomic E-state index is 12.7. The Hall–Kier alpha value is -1.06. The van der Waals surface area contributed by atoms with Crippen LogP contribution in [0.1, 0.15) is 91.9 Å². The van der Waals surface area contributed by atoms with Gasteiger partial charge in [0.05, 0.1) is 13.2 Å². The van der Waals surface area contributed by atoms with Crippen molar-refractivity contribution in [3.8, 4) is 0 Å². The normalized spacial score (nSPS) is 11.3. The first-order chi connectivity index (χ1) is 11.1. The summed E-state index contributed by atoms with van der Waals surface area (Å²) >= 11 is 0. The second-order valence-electron chi connectivity index (χ2n) is 6.27. The number of rotatable bonds is 14. The number of hydrogen-bond acceptors (Lipinski definition) is 4. The van der Waals surface area contributed by atoms with Crippen LogP contribution in [-0.4, -0.2) is 25.2 Å². The van der Waals surface area contributed by atoms with E-state index in [2.05, 4.69) is 13.8 Å². The van der Waals surface area contributed by atoms with Gasteiger partial charge in [-0.25, -0.2) is 0 Å². The second kappa shape index (κ2) is 13.4. The number of carbonyl (C=O) groups is 2. The average molecular weight is 328 g/mol. The van der Waals surface area contributed by atoms with Crippen molar-refractivity contribution in [1.29, 1.82) is 0 Å². The number of carbonyl (C=O) groups excluding carboxylic acids is 2. The van der Waals surface area contributed by atoms with Crippen LogP contribution in [0.25, 0.3) is 0 Å². The minimum Gasteiger partial charge on any atom is -0.465 e. The Bertz CT molecular complexity index is 293. The van der Waals surface area contributed by atoms with Crippen LogP contribution in [0.4, 0.5) is 0 Å². The van der Waals surface area contributed by atoms with Crippen LogP contribution in [0.2, 0.25) is 0 Å². The molecule has 0 fully saturated rings. The lowest BCUT2D eigenvalue weighted by Gasteiger charge is -2.29. The van der Waals surface area contributed by atoms with E-state index in [1.807, 2.05) is 13.8 Å². The van der Waals surface area contributed by atoms with Crippen molar-refractivity contribution in [3.63, 3.8) is 0 Å². The topological polar surface area (TPSA) is 52.6 Å². The van der Waals surface area contributed by atoms with E-state index in [0.717, 1.165) is 51.4 Å². The van der Waals surface area contributed by atoms with Gasteiger partial charge in [-0.2, -0.15) is 0 Å². The number of esters is 2. The smallest absolute Gasteiger partial charge is 0.323 e. The largest absolute Gasteiger partial charge is 0.465 e. The highest BCUT2D eigenvalue weighted by atomic mass is 16.6. The lowest BCUT2D eigenvalue weighted by molar-refractivity contribution is -0.174. The SMILES string of the molecule is CCCCCC(CCCCC)(C(=O)OCCC)C(=O)OCCC. The van der Waals surface area contributed by atoms with Gasteiger partial charge in [0, 0.05) is 0 Å². The van der Waals surface area contributed by atoms with Crippen LogP contribution in [0.3, 0.4) is 0 Å². The third kappa shape index (κ3) is 7.85. The van der Waals surface area contributed by atoms with Crippen LogP contribution in [0.5, 0.6) is 0 Å². The molecule has 0 atom stereocenters. The van der Waals surface area contributed by atoms with Gasteiger partial charge >= 0.3 is 11.9 Å². The summed E-state index contributed by atoms with van der Waals surface area (Å²) in [5, 5.41) is 0. The molecule has 0 saturated carbocycles. The van der Waals surface area contributed by atoms with Gasteiger partial charge in [0.2, 0.25) is 0 Å². The summed E-state index contributed by atoms with van der Waals surface area (Å²) in [7, 11) is 0. The summed E-state index contributed by atoms with van der Waals surface area (Å²) in [6.45, 7) is 8.87. The van der Waals surface area contributed by atoms with Crippen molar-refractivity contribution < 1.29 is 19.1 Å². The van der Waals surface area contributed by atoms with E-state index >= 15 is 0 Å². The van der Waals surface area contributed by atoms with Gasteiger partial charge in [-0.05, 0) is 25.7 Å². The molecular weight excluding hydrogens is 292 g/mol. The maximum atomic E-state index is 12.7. The zero-order valence-corrected chi connectivity index (χ0v) is 15.6. The van der Waals surface area contributed by atoms with Crippen molar-refractivity contribution >= 4 is 11.9 Å². The maximum Gasteiger partial charge on any atom is 0.323 e. The first-order valence-electron chi connectivity index (χ1n) is 9.43. The van der Waals surface area contributed by atoms with Crippen molar-refractivity contribution in [2.24, 2.45) is 5.41 Å². The Morgan fingerprint density at radius 2 is 1.04 bits per heavy atom. The molecule has 4 nitrogen and oxygen atoms in total. The highest BCUT2D eigenvalue weighted by Crippen LogP contribution is 2.35. The summed E-state index contributed by atoms with van der Waals surface area (Å²) in [6.07, 6.45) is 8.43. The molecule has 23 heavy (non-hydrogen) atoms. The van der Waals surface area contributed by atoms with Crippen LogP contribution in [0, 0.1) is 5.41 Å². The Balaban J connectivity index is 5.21. The van der Waals surface area contributed by atoms with Gasteiger partial charge in [0.1, 0.15) is 0 Å². The van der Waals surface area contributed by atoms with Gasteiger partial charge in [-0.3, -0.25) is 9.59 Å². The van der Waals surface area contributed by atoms with Gasteiger partial charge in [0.15, 0.2) is 5.41 Å². The Morgan fingerprint density at radius 1 is 0.652 bits per heavy atom. The molecule has 0 N–H and O–H groups in total. The molecule has 0 unspecified atom stereocenters. The molecule has 0 aliphatic rings. The minimum atomic E-state index is -1.10. The van der Waals surface area contributed by atoms with E-state index in [1.54, 1.807) is 0 Å². The van der Waals surface area contributed by atoms with E-state index in [0.29, 0.717) is 26.1 Å². The molecule has 0 rings (SSSR count). The molecule has 0 aromatic heterocycles. The number of ether oxygens (including phenoxy) is 2. The predicted octanol–water partition coefficient (Wildman–Crippen LogP) is 5.04. The highest BCUT2D eigenvalue weighted by molar-refractivity contribution is 6.00. The zero-order chi connectivity index (χ0) is 17.6. The summed E-state index contributed by atoms with van der Waals surface area (Å²) in [6, 6.07) is 0. The number of unbranched alkanes of at least 4 members (excludes halogenated alkanes) is 4. The van der Waals surface area contributed by atoms with Gasteiger partial charge in [0.25, 0.3) is 0 Å². The highest BCUT2D eigenvalue weighted by Gasteiger charge is 2.47. The molecule has 136 valence electrons. The van der Waals surface area contributed by atoms with Crippen molar-refractivity contribution in [3.05, 3.63) is 0 Å². The van der Waals surface area contributed by atoms with Crippen molar-refractivity contribution in [2.45, 2.75) is 91.9 Å². The van der Waals surface area contributed by atoms with Crippen molar-refractivity contribution in [1.82, 2.24) is 0 Å². The van der Waals surface area contributed by atoms with E-state index in [4.69, 9.17) is 9.47 Å². The summed E-state index contributed by atoms with van der Waals surface area (Å²) in [5.74, 6) is -0.764. The van der Waals surface area contributed by atoms with Gasteiger partial charge < -0.3 is 9.47 Å². The molecule has 0 amide bonds. The zero-order valence-electron chi connectivity index (χ0n) is 15.6. The van der Waals surface area contributed by atoms with E-state index in [-0.39, 0.29) is 11.9 Å².